The Morgan fingerprint density at radius 1 is 0.871 bits per heavy atom. The van der Waals surface area contributed by atoms with Gasteiger partial charge < -0.3 is 19.5 Å². The normalized spacial score (nSPS) is 15.0. The molecule has 1 amide bonds. The molecule has 0 radical (unpaired) electrons. The van der Waals surface area contributed by atoms with E-state index in [0.717, 1.165) is 0 Å². The Labute approximate surface area is 179 Å². The summed E-state index contributed by atoms with van der Waals surface area (Å²) >= 11 is 0. The van der Waals surface area contributed by atoms with Crippen LogP contribution >= 0.6 is 0 Å². The van der Waals surface area contributed by atoms with Gasteiger partial charge in [0.15, 0.2) is 0 Å². The van der Waals surface area contributed by atoms with Crippen LogP contribution in [0.2, 0.25) is 0 Å². The Hall–Kier alpha value is -3.80. The van der Waals surface area contributed by atoms with Gasteiger partial charge in [-0.05, 0) is 46.5 Å². The van der Waals surface area contributed by atoms with Crippen LogP contribution in [0.15, 0.2) is 72.8 Å². The Kier molecular flexibility index (Phi) is 4.82. The van der Waals surface area contributed by atoms with Gasteiger partial charge in [-0.2, -0.15) is 0 Å². The van der Waals surface area contributed by atoms with Crippen molar-refractivity contribution in [1.29, 1.82) is 0 Å². The van der Waals surface area contributed by atoms with Crippen LogP contribution in [0.4, 0.5) is 4.79 Å². The maximum absolute atomic E-state index is 12.5. The first-order valence-electron chi connectivity index (χ1n) is 10.2. The third-order valence-corrected chi connectivity index (χ3v) is 5.85. The molecule has 1 heterocycles. The zero-order valence-corrected chi connectivity index (χ0v) is 16.7. The van der Waals surface area contributed by atoms with Gasteiger partial charge in [-0.3, -0.25) is 0 Å². The molecule has 2 aliphatic rings. The summed E-state index contributed by atoms with van der Waals surface area (Å²) in [4.78, 5) is 25.0. The summed E-state index contributed by atoms with van der Waals surface area (Å²) in [5.41, 5.74) is 4.98. The minimum atomic E-state index is -0.975. The van der Waals surface area contributed by atoms with Gasteiger partial charge in [0.25, 0.3) is 0 Å². The van der Waals surface area contributed by atoms with Crippen LogP contribution in [0.1, 0.15) is 27.4 Å². The number of rotatable bonds is 5. The lowest BCUT2D eigenvalue weighted by Crippen LogP contribution is -2.56. The van der Waals surface area contributed by atoms with Gasteiger partial charge in [-0.25, -0.2) is 9.59 Å². The number of carbonyl (C=O) groups excluding carboxylic acids is 1. The number of likely N-dealkylation sites (tertiary alicyclic amines) is 1. The van der Waals surface area contributed by atoms with E-state index in [1.165, 1.54) is 34.4 Å². The fraction of sp³-hybridized carbons (Fsp3) is 0.200. The van der Waals surface area contributed by atoms with Gasteiger partial charge in [0.05, 0.1) is 18.7 Å². The summed E-state index contributed by atoms with van der Waals surface area (Å²) in [6.45, 7) is 1.18. The van der Waals surface area contributed by atoms with Crippen molar-refractivity contribution in [2.24, 2.45) is 0 Å². The maximum atomic E-state index is 12.5. The van der Waals surface area contributed by atoms with E-state index in [2.05, 4.69) is 24.3 Å². The van der Waals surface area contributed by atoms with E-state index in [-0.39, 0.29) is 23.7 Å². The number of nitrogens with zero attached hydrogens (tertiary/aromatic N) is 1. The molecule has 1 fully saturated rings. The predicted octanol–water partition coefficient (Wildman–Crippen LogP) is 4.40. The second-order valence-corrected chi connectivity index (χ2v) is 7.78. The smallest absolute Gasteiger partial charge is 0.410 e. The molecule has 1 aliphatic carbocycles. The maximum Gasteiger partial charge on any atom is 0.410 e. The van der Waals surface area contributed by atoms with Gasteiger partial charge in [-0.1, -0.05) is 48.5 Å². The first-order valence-corrected chi connectivity index (χ1v) is 10.2. The number of carboxylic acids is 1. The predicted molar refractivity (Wildman–Crippen MR) is 114 cm³/mol. The standard InChI is InChI=1S/C25H21NO5/c27-24(28)16-9-11-17(12-10-16)31-18-13-26(14-18)25(29)30-15-23-21-7-3-1-5-19(21)20-6-2-4-8-22(20)23/h1-12,18,23H,13-15H2,(H,27,28). The zero-order chi connectivity index (χ0) is 21.4. The Morgan fingerprint density at radius 2 is 1.45 bits per heavy atom. The summed E-state index contributed by atoms with van der Waals surface area (Å²) in [5, 5.41) is 8.95. The zero-order valence-electron chi connectivity index (χ0n) is 16.7. The number of carbonyl (C=O) groups is 2. The number of fused-ring (bicyclic) bond motifs is 3. The second kappa shape index (κ2) is 7.80. The summed E-state index contributed by atoms with van der Waals surface area (Å²) < 4.78 is 11.4. The van der Waals surface area contributed by atoms with Crippen LogP contribution < -0.4 is 4.74 Å². The van der Waals surface area contributed by atoms with Crippen molar-refractivity contribution in [1.82, 2.24) is 4.90 Å². The molecule has 1 N–H and O–H groups in total. The van der Waals surface area contributed by atoms with Crippen LogP contribution in [-0.4, -0.2) is 47.9 Å². The quantitative estimate of drug-likeness (QED) is 0.669. The number of amides is 1. The van der Waals surface area contributed by atoms with Crippen molar-refractivity contribution in [3.63, 3.8) is 0 Å². The first kappa shape index (κ1) is 19.2. The molecule has 0 unspecified atom stereocenters. The molecule has 0 atom stereocenters. The Balaban J connectivity index is 1.16. The van der Waals surface area contributed by atoms with Crippen molar-refractivity contribution in [2.75, 3.05) is 19.7 Å². The fourth-order valence-electron chi connectivity index (χ4n) is 4.22. The molecular formula is C25H21NO5. The number of benzene rings is 3. The number of hydrogen-bond donors (Lipinski definition) is 1. The number of hydrogen-bond acceptors (Lipinski definition) is 4. The lowest BCUT2D eigenvalue weighted by molar-refractivity contribution is 0.0104. The molecule has 5 rings (SSSR count). The molecule has 3 aromatic rings. The van der Waals surface area contributed by atoms with Crippen LogP contribution in [0, 0.1) is 0 Å². The minimum absolute atomic E-state index is 0.0393. The third-order valence-electron chi connectivity index (χ3n) is 5.85. The van der Waals surface area contributed by atoms with E-state index in [9.17, 15) is 9.59 Å². The van der Waals surface area contributed by atoms with Gasteiger partial charge >= 0.3 is 12.1 Å². The van der Waals surface area contributed by atoms with E-state index >= 15 is 0 Å². The highest BCUT2D eigenvalue weighted by atomic mass is 16.6. The van der Waals surface area contributed by atoms with Crippen molar-refractivity contribution in [3.8, 4) is 16.9 Å². The average molecular weight is 415 g/mol. The molecule has 156 valence electrons. The largest absolute Gasteiger partial charge is 0.487 e. The summed E-state index contributed by atoms with van der Waals surface area (Å²) in [5.74, 6) is -0.351. The summed E-state index contributed by atoms with van der Waals surface area (Å²) in [6, 6.07) is 22.7. The topological polar surface area (TPSA) is 76.1 Å². The van der Waals surface area contributed by atoms with E-state index in [0.29, 0.717) is 25.4 Å². The molecule has 0 saturated carbocycles. The average Bonchev–Trinajstić information content (AvgIpc) is 3.08. The van der Waals surface area contributed by atoms with Crippen LogP contribution in [0.5, 0.6) is 5.75 Å². The highest BCUT2D eigenvalue weighted by Gasteiger charge is 2.35. The first-order chi connectivity index (χ1) is 15.1. The third kappa shape index (κ3) is 3.61. The number of carboxylic acid groups (broad SMARTS) is 1. The molecule has 0 spiro atoms. The molecule has 31 heavy (non-hydrogen) atoms. The van der Waals surface area contributed by atoms with Crippen molar-refractivity contribution >= 4 is 12.1 Å². The molecule has 0 aromatic heterocycles. The SMILES string of the molecule is O=C(O)c1ccc(OC2CN(C(=O)OCC3c4ccccc4-c4ccccc43)C2)cc1. The number of aromatic carboxylic acids is 1. The van der Waals surface area contributed by atoms with Gasteiger partial charge in [-0.15, -0.1) is 0 Å². The fourth-order valence-corrected chi connectivity index (χ4v) is 4.22. The van der Waals surface area contributed by atoms with E-state index < -0.39 is 5.97 Å². The molecule has 6 nitrogen and oxygen atoms in total. The Bertz CT molecular complexity index is 1090. The number of ether oxygens (including phenoxy) is 2. The monoisotopic (exact) mass is 415 g/mol. The van der Waals surface area contributed by atoms with Crippen LogP contribution in [-0.2, 0) is 4.74 Å². The van der Waals surface area contributed by atoms with Crippen molar-refractivity contribution in [3.05, 3.63) is 89.5 Å². The lowest BCUT2D eigenvalue weighted by Gasteiger charge is -2.38. The second-order valence-electron chi connectivity index (χ2n) is 7.78. The lowest BCUT2D eigenvalue weighted by atomic mass is 9.98. The molecular weight excluding hydrogens is 394 g/mol. The van der Waals surface area contributed by atoms with Crippen molar-refractivity contribution in [2.45, 2.75) is 12.0 Å². The van der Waals surface area contributed by atoms with E-state index in [1.807, 2.05) is 24.3 Å². The van der Waals surface area contributed by atoms with Crippen LogP contribution in [0.3, 0.4) is 0 Å². The summed E-state index contributed by atoms with van der Waals surface area (Å²) in [7, 11) is 0. The van der Waals surface area contributed by atoms with E-state index in [1.54, 1.807) is 17.0 Å². The van der Waals surface area contributed by atoms with Gasteiger partial charge in [0.2, 0.25) is 0 Å². The highest BCUT2D eigenvalue weighted by Crippen LogP contribution is 2.44. The molecule has 1 aliphatic heterocycles. The molecule has 0 bridgehead atoms. The highest BCUT2D eigenvalue weighted by molar-refractivity contribution is 5.87. The van der Waals surface area contributed by atoms with Crippen molar-refractivity contribution < 1.29 is 24.2 Å². The molecule has 6 heteroatoms. The summed E-state index contributed by atoms with van der Waals surface area (Å²) in [6.07, 6.45) is -0.473. The Morgan fingerprint density at radius 3 is 2.03 bits per heavy atom. The van der Waals surface area contributed by atoms with Gasteiger partial charge in [0, 0.05) is 5.92 Å². The minimum Gasteiger partial charge on any atom is -0.487 e. The van der Waals surface area contributed by atoms with Gasteiger partial charge in [0.1, 0.15) is 18.5 Å². The molecule has 3 aromatic carbocycles. The van der Waals surface area contributed by atoms with E-state index in [4.69, 9.17) is 14.6 Å². The molecule has 1 saturated heterocycles. The van der Waals surface area contributed by atoms with Crippen LogP contribution in [0.25, 0.3) is 11.1 Å².